The minimum Gasteiger partial charge on any atom is -0.332 e. The van der Waals surface area contributed by atoms with Gasteiger partial charge in [-0.1, -0.05) is 54.9 Å². The van der Waals surface area contributed by atoms with Crippen LogP contribution in [-0.4, -0.2) is 36.6 Å². The number of amides is 1. The molecule has 5 nitrogen and oxygen atoms in total. The summed E-state index contributed by atoms with van der Waals surface area (Å²) in [7, 11) is -3.81. The van der Waals surface area contributed by atoms with Gasteiger partial charge in [-0.05, 0) is 47.7 Å². The molecule has 0 aliphatic carbocycles. The first kappa shape index (κ1) is 23.5. The monoisotopic (exact) mass is 476 g/mol. The van der Waals surface area contributed by atoms with Crippen molar-refractivity contribution >= 4 is 38.9 Å². The maximum absolute atomic E-state index is 13.3. The second kappa shape index (κ2) is 10.9. The fraction of sp³-hybridized carbons (Fsp3) is 0.261. The van der Waals surface area contributed by atoms with Crippen LogP contribution in [0.4, 0.5) is 0 Å². The summed E-state index contributed by atoms with van der Waals surface area (Å²) in [6.07, 6.45) is 0.601. The molecule has 1 heterocycles. The molecule has 31 heavy (non-hydrogen) atoms. The number of thiophene rings is 1. The largest absolute Gasteiger partial charge is 0.332 e. The lowest BCUT2D eigenvalue weighted by molar-refractivity contribution is -0.132. The van der Waals surface area contributed by atoms with Crippen molar-refractivity contribution in [3.63, 3.8) is 0 Å². The lowest BCUT2D eigenvalue weighted by atomic mass is 10.2. The molecule has 0 saturated heterocycles. The third-order valence-corrected chi connectivity index (χ3v) is 7.70. The zero-order valence-corrected chi connectivity index (χ0v) is 19.7. The molecule has 0 N–H and O–H groups in total. The summed E-state index contributed by atoms with van der Waals surface area (Å²) in [5.41, 5.74) is 0.995. The first-order chi connectivity index (χ1) is 14.9. The van der Waals surface area contributed by atoms with Crippen molar-refractivity contribution in [2.75, 3.05) is 13.1 Å². The molecule has 2 aromatic carbocycles. The normalized spacial score (nSPS) is 11.6. The number of benzene rings is 2. The number of halogens is 1. The fourth-order valence-electron chi connectivity index (χ4n) is 3.17. The van der Waals surface area contributed by atoms with Gasteiger partial charge in [0, 0.05) is 23.0 Å². The number of hydrogen-bond donors (Lipinski definition) is 0. The van der Waals surface area contributed by atoms with E-state index >= 15 is 0 Å². The molecule has 164 valence electrons. The topological polar surface area (TPSA) is 57.7 Å². The van der Waals surface area contributed by atoms with E-state index in [1.54, 1.807) is 28.4 Å². The Morgan fingerprint density at radius 3 is 2.29 bits per heavy atom. The van der Waals surface area contributed by atoms with Gasteiger partial charge >= 0.3 is 0 Å². The molecule has 3 aromatic rings. The molecule has 0 fully saturated rings. The number of carbonyl (C=O) groups excluding carboxylic acids is 1. The van der Waals surface area contributed by atoms with Crippen molar-refractivity contribution in [2.24, 2.45) is 0 Å². The highest BCUT2D eigenvalue weighted by atomic mass is 35.5. The van der Waals surface area contributed by atoms with E-state index in [0.29, 0.717) is 24.5 Å². The highest BCUT2D eigenvalue weighted by molar-refractivity contribution is 7.89. The molecule has 0 radical (unpaired) electrons. The maximum Gasteiger partial charge on any atom is 0.243 e. The highest BCUT2D eigenvalue weighted by Crippen LogP contribution is 2.20. The summed E-state index contributed by atoms with van der Waals surface area (Å²) in [6.45, 7) is 2.79. The summed E-state index contributed by atoms with van der Waals surface area (Å²) >= 11 is 7.48. The van der Waals surface area contributed by atoms with Crippen LogP contribution >= 0.6 is 22.9 Å². The average Bonchev–Trinajstić information content (AvgIpc) is 3.27. The van der Waals surface area contributed by atoms with Gasteiger partial charge < -0.3 is 4.90 Å². The molecule has 0 unspecified atom stereocenters. The SMILES string of the molecule is CCCN(CC(=O)N(Cc1ccccc1)Cc1cccs1)S(=O)(=O)c1ccc(Cl)cc1. The van der Waals surface area contributed by atoms with Crippen LogP contribution in [0.1, 0.15) is 23.8 Å². The smallest absolute Gasteiger partial charge is 0.243 e. The van der Waals surface area contributed by atoms with Crippen molar-refractivity contribution in [3.05, 3.63) is 87.6 Å². The zero-order chi connectivity index (χ0) is 22.3. The number of carbonyl (C=O) groups is 1. The lowest BCUT2D eigenvalue weighted by Crippen LogP contribution is -2.42. The van der Waals surface area contributed by atoms with Crippen LogP contribution in [0.2, 0.25) is 5.02 Å². The Hall–Kier alpha value is -2.19. The Balaban J connectivity index is 1.83. The second-order valence-electron chi connectivity index (χ2n) is 7.11. The van der Waals surface area contributed by atoms with E-state index in [2.05, 4.69) is 0 Å². The van der Waals surface area contributed by atoms with E-state index in [1.165, 1.54) is 16.4 Å². The van der Waals surface area contributed by atoms with Crippen LogP contribution in [0.25, 0.3) is 0 Å². The van der Waals surface area contributed by atoms with Crippen LogP contribution in [-0.2, 0) is 27.9 Å². The second-order valence-corrected chi connectivity index (χ2v) is 10.5. The van der Waals surface area contributed by atoms with Crippen molar-refractivity contribution in [2.45, 2.75) is 31.3 Å². The van der Waals surface area contributed by atoms with Crippen LogP contribution in [0.5, 0.6) is 0 Å². The molecule has 3 rings (SSSR count). The van der Waals surface area contributed by atoms with Crippen molar-refractivity contribution in [1.82, 2.24) is 9.21 Å². The predicted octanol–water partition coefficient (Wildman–Crippen LogP) is 5.03. The van der Waals surface area contributed by atoms with Gasteiger partial charge in [0.05, 0.1) is 18.0 Å². The molecule has 8 heteroatoms. The quantitative estimate of drug-likeness (QED) is 0.412. The van der Waals surface area contributed by atoms with Crippen LogP contribution in [0.15, 0.2) is 77.0 Å². The van der Waals surface area contributed by atoms with Crippen molar-refractivity contribution in [3.8, 4) is 0 Å². The van der Waals surface area contributed by atoms with E-state index < -0.39 is 10.0 Å². The molecule has 0 saturated carbocycles. The minimum absolute atomic E-state index is 0.131. The first-order valence-corrected chi connectivity index (χ1v) is 12.7. The lowest BCUT2D eigenvalue weighted by Gasteiger charge is -2.27. The van der Waals surface area contributed by atoms with E-state index in [4.69, 9.17) is 11.6 Å². The predicted molar refractivity (Wildman–Crippen MR) is 126 cm³/mol. The van der Waals surface area contributed by atoms with Gasteiger partial charge in [-0.3, -0.25) is 4.79 Å². The standard InChI is InChI=1S/C23H25ClN2O3S2/c1-2-14-26(31(28,29)22-12-10-20(24)11-13-22)18-23(27)25(17-21-9-6-15-30-21)16-19-7-4-3-5-8-19/h3-13,15H,2,14,16-18H2,1H3. The number of nitrogens with zero attached hydrogens (tertiary/aromatic N) is 2. The Bertz CT molecular complexity index is 1070. The van der Waals surface area contributed by atoms with Gasteiger partial charge in [-0.2, -0.15) is 4.31 Å². The molecule has 0 aliphatic rings. The van der Waals surface area contributed by atoms with Crippen molar-refractivity contribution in [1.29, 1.82) is 0 Å². The molecular formula is C23H25ClN2O3S2. The van der Waals surface area contributed by atoms with Crippen LogP contribution < -0.4 is 0 Å². The summed E-state index contributed by atoms with van der Waals surface area (Å²) in [6, 6.07) is 19.6. The van der Waals surface area contributed by atoms with E-state index in [1.807, 2.05) is 54.8 Å². The maximum atomic E-state index is 13.3. The number of rotatable bonds is 10. The van der Waals surface area contributed by atoms with Gasteiger partial charge in [0.1, 0.15) is 0 Å². The summed E-state index contributed by atoms with van der Waals surface area (Å²) in [5, 5.41) is 2.43. The average molecular weight is 477 g/mol. The van der Waals surface area contributed by atoms with E-state index in [9.17, 15) is 13.2 Å². The van der Waals surface area contributed by atoms with Crippen LogP contribution in [0, 0.1) is 0 Å². The summed E-state index contributed by atoms with van der Waals surface area (Å²) in [5.74, 6) is -0.233. The zero-order valence-electron chi connectivity index (χ0n) is 17.3. The summed E-state index contributed by atoms with van der Waals surface area (Å²) < 4.78 is 27.6. The Kier molecular flexibility index (Phi) is 8.26. The number of hydrogen-bond acceptors (Lipinski definition) is 4. The number of sulfonamides is 1. The molecule has 1 aromatic heterocycles. The molecule has 0 aliphatic heterocycles. The van der Waals surface area contributed by atoms with Gasteiger partial charge in [-0.15, -0.1) is 11.3 Å². The third-order valence-electron chi connectivity index (χ3n) is 4.73. The molecule has 0 bridgehead atoms. The highest BCUT2D eigenvalue weighted by Gasteiger charge is 2.28. The van der Waals surface area contributed by atoms with Gasteiger partial charge in [-0.25, -0.2) is 8.42 Å². The van der Waals surface area contributed by atoms with Gasteiger partial charge in [0.2, 0.25) is 15.9 Å². The Morgan fingerprint density at radius 2 is 1.68 bits per heavy atom. The molecular weight excluding hydrogens is 452 g/mol. The van der Waals surface area contributed by atoms with Crippen LogP contribution in [0.3, 0.4) is 0 Å². The van der Waals surface area contributed by atoms with E-state index in [-0.39, 0.29) is 23.9 Å². The summed E-state index contributed by atoms with van der Waals surface area (Å²) in [4.78, 5) is 16.2. The van der Waals surface area contributed by atoms with Crippen molar-refractivity contribution < 1.29 is 13.2 Å². The first-order valence-electron chi connectivity index (χ1n) is 10.00. The minimum atomic E-state index is -3.81. The Morgan fingerprint density at radius 1 is 0.968 bits per heavy atom. The molecule has 1 amide bonds. The fourth-order valence-corrected chi connectivity index (χ4v) is 5.49. The Labute approximate surface area is 192 Å². The van der Waals surface area contributed by atoms with Gasteiger partial charge in [0.15, 0.2) is 0 Å². The van der Waals surface area contributed by atoms with Gasteiger partial charge in [0.25, 0.3) is 0 Å². The molecule has 0 spiro atoms. The van der Waals surface area contributed by atoms with E-state index in [0.717, 1.165) is 10.4 Å². The third kappa shape index (κ3) is 6.40. The molecule has 0 atom stereocenters.